The van der Waals surface area contributed by atoms with Crippen LogP contribution in [0.1, 0.15) is 11.1 Å². The van der Waals surface area contributed by atoms with Gasteiger partial charge >= 0.3 is 0 Å². The Morgan fingerprint density at radius 2 is 1.20 bits per heavy atom. The summed E-state index contributed by atoms with van der Waals surface area (Å²) >= 11 is 0. The first-order valence-corrected chi connectivity index (χ1v) is 8.84. The first-order chi connectivity index (χ1) is 12.4. The van der Waals surface area contributed by atoms with E-state index in [9.17, 15) is 0 Å². The predicted octanol–water partition coefficient (Wildman–Crippen LogP) is 6.26. The van der Waals surface area contributed by atoms with Gasteiger partial charge in [0.1, 0.15) is 0 Å². The summed E-state index contributed by atoms with van der Waals surface area (Å²) in [5, 5.41) is 5.25. The molecule has 0 atom stereocenters. The molecule has 0 bridgehead atoms. The molecule has 0 amide bonds. The van der Waals surface area contributed by atoms with Crippen molar-refractivity contribution in [2.24, 2.45) is 0 Å². The lowest BCUT2D eigenvalue weighted by Gasteiger charge is -2.05. The van der Waals surface area contributed by atoms with Crippen LogP contribution in [0.3, 0.4) is 0 Å². The van der Waals surface area contributed by atoms with Crippen LogP contribution >= 0.6 is 0 Å². The first-order valence-electron chi connectivity index (χ1n) is 8.84. The number of hydrogen-bond donors (Lipinski definition) is 1. The minimum absolute atomic E-state index is 1.06. The largest absolute Gasteiger partial charge is 0.355 e. The Labute approximate surface area is 146 Å². The van der Waals surface area contributed by atoms with Crippen LogP contribution in [0.5, 0.6) is 0 Å². The Balaban J connectivity index is 1.43. The molecule has 4 aromatic carbocycles. The maximum absolute atomic E-state index is 3.54. The van der Waals surface area contributed by atoms with Gasteiger partial charge in [-0.05, 0) is 46.9 Å². The maximum atomic E-state index is 3.54. The molecule has 0 spiro atoms. The molecule has 0 aliphatic heterocycles. The number of aryl methyl sites for hydroxylation is 2. The minimum Gasteiger partial charge on any atom is -0.355 e. The van der Waals surface area contributed by atoms with E-state index in [4.69, 9.17) is 0 Å². The molecule has 0 aliphatic rings. The molecular formula is C24H19N. The van der Waals surface area contributed by atoms with Crippen molar-refractivity contribution in [1.29, 1.82) is 0 Å². The minimum atomic E-state index is 1.06. The van der Waals surface area contributed by atoms with Crippen LogP contribution in [-0.4, -0.2) is 4.98 Å². The average Bonchev–Trinajstić information content (AvgIpc) is 3.04. The number of benzene rings is 4. The van der Waals surface area contributed by atoms with Crippen molar-refractivity contribution in [2.45, 2.75) is 12.8 Å². The van der Waals surface area contributed by atoms with Crippen molar-refractivity contribution in [1.82, 2.24) is 4.98 Å². The zero-order valence-corrected chi connectivity index (χ0v) is 14.0. The molecule has 120 valence electrons. The van der Waals surface area contributed by atoms with Gasteiger partial charge in [0.2, 0.25) is 0 Å². The highest BCUT2D eigenvalue weighted by molar-refractivity contribution is 6.07. The van der Waals surface area contributed by atoms with Crippen molar-refractivity contribution >= 4 is 32.6 Å². The molecular weight excluding hydrogens is 302 g/mol. The third kappa shape index (κ3) is 2.58. The van der Waals surface area contributed by atoms with E-state index >= 15 is 0 Å². The lowest BCUT2D eigenvalue weighted by molar-refractivity contribution is 0.964. The zero-order valence-electron chi connectivity index (χ0n) is 14.0. The van der Waals surface area contributed by atoms with Gasteiger partial charge < -0.3 is 4.98 Å². The van der Waals surface area contributed by atoms with E-state index in [2.05, 4.69) is 89.9 Å². The van der Waals surface area contributed by atoms with Crippen LogP contribution in [-0.2, 0) is 12.8 Å². The van der Waals surface area contributed by atoms with Crippen molar-refractivity contribution in [3.63, 3.8) is 0 Å². The van der Waals surface area contributed by atoms with Crippen LogP contribution in [0, 0.1) is 0 Å². The van der Waals surface area contributed by atoms with Crippen molar-refractivity contribution in [3.8, 4) is 0 Å². The normalized spacial score (nSPS) is 11.5. The summed E-state index contributed by atoms with van der Waals surface area (Å²) < 4.78 is 0. The molecule has 1 aromatic heterocycles. The summed E-state index contributed by atoms with van der Waals surface area (Å²) in [4.78, 5) is 3.54. The van der Waals surface area contributed by atoms with Gasteiger partial charge in [-0.2, -0.15) is 0 Å². The highest BCUT2D eigenvalue weighted by Gasteiger charge is 2.05. The Hall–Kier alpha value is -3.06. The second kappa shape index (κ2) is 5.78. The fraction of sp³-hybridized carbons (Fsp3) is 0.0833. The van der Waals surface area contributed by atoms with Gasteiger partial charge in [0.15, 0.2) is 0 Å². The van der Waals surface area contributed by atoms with Crippen molar-refractivity contribution in [3.05, 3.63) is 96.1 Å². The lowest BCUT2D eigenvalue weighted by atomic mass is 10.0. The zero-order chi connectivity index (χ0) is 16.6. The highest BCUT2D eigenvalue weighted by Crippen LogP contribution is 2.26. The molecule has 1 N–H and O–H groups in total. The number of fused-ring (bicyclic) bond motifs is 4. The van der Waals surface area contributed by atoms with E-state index in [1.807, 2.05) is 0 Å². The van der Waals surface area contributed by atoms with Crippen molar-refractivity contribution < 1.29 is 0 Å². The van der Waals surface area contributed by atoms with Crippen LogP contribution < -0.4 is 0 Å². The first kappa shape index (κ1) is 14.3. The Bertz CT molecular complexity index is 1200. The number of hydrogen-bond acceptors (Lipinski definition) is 0. The molecule has 0 saturated carbocycles. The van der Waals surface area contributed by atoms with Crippen LogP contribution in [0.4, 0.5) is 0 Å². The topological polar surface area (TPSA) is 15.8 Å². The second-order valence-electron chi connectivity index (χ2n) is 6.73. The third-order valence-corrected chi connectivity index (χ3v) is 5.09. The molecule has 1 nitrogen and oxygen atoms in total. The molecule has 0 fully saturated rings. The quantitative estimate of drug-likeness (QED) is 0.404. The second-order valence-corrected chi connectivity index (χ2v) is 6.73. The Morgan fingerprint density at radius 1 is 0.520 bits per heavy atom. The van der Waals surface area contributed by atoms with Gasteiger partial charge in [-0.3, -0.25) is 0 Å². The van der Waals surface area contributed by atoms with Gasteiger partial charge in [-0.25, -0.2) is 0 Å². The Morgan fingerprint density at radius 3 is 2.12 bits per heavy atom. The predicted molar refractivity (Wildman–Crippen MR) is 107 cm³/mol. The van der Waals surface area contributed by atoms with Crippen LogP contribution in [0.25, 0.3) is 32.6 Å². The third-order valence-electron chi connectivity index (χ3n) is 5.09. The molecule has 1 heterocycles. The molecule has 5 rings (SSSR count). The summed E-state index contributed by atoms with van der Waals surface area (Å²) in [6.45, 7) is 0. The monoisotopic (exact) mass is 321 g/mol. The van der Waals surface area contributed by atoms with Crippen LogP contribution in [0.15, 0.2) is 84.9 Å². The van der Waals surface area contributed by atoms with E-state index in [0.29, 0.717) is 0 Å². The highest BCUT2D eigenvalue weighted by atomic mass is 14.7. The van der Waals surface area contributed by atoms with E-state index < -0.39 is 0 Å². The standard InChI is InChI=1S/C24H19N/c1-2-6-20-15-17(11-13-19(20)5-1)9-10-18-12-14-22-21-7-3-4-8-23(21)25-24(22)16-18/h1-8,11-16,25H,9-10H2. The molecule has 0 aliphatic carbocycles. The summed E-state index contributed by atoms with van der Waals surface area (Å²) in [7, 11) is 0. The van der Waals surface area contributed by atoms with Gasteiger partial charge in [0.25, 0.3) is 0 Å². The average molecular weight is 321 g/mol. The van der Waals surface area contributed by atoms with Gasteiger partial charge in [0, 0.05) is 21.8 Å². The number of H-pyrrole nitrogens is 1. The maximum Gasteiger partial charge on any atom is 0.0467 e. The summed E-state index contributed by atoms with van der Waals surface area (Å²) in [5.41, 5.74) is 5.23. The van der Waals surface area contributed by atoms with Crippen molar-refractivity contribution in [2.75, 3.05) is 0 Å². The van der Waals surface area contributed by atoms with Gasteiger partial charge in [-0.15, -0.1) is 0 Å². The van der Waals surface area contributed by atoms with Gasteiger partial charge in [0.05, 0.1) is 0 Å². The van der Waals surface area contributed by atoms with E-state index in [1.54, 1.807) is 0 Å². The fourth-order valence-corrected chi connectivity index (χ4v) is 3.74. The summed E-state index contributed by atoms with van der Waals surface area (Å²) in [6, 6.07) is 30.7. The lowest BCUT2D eigenvalue weighted by Crippen LogP contribution is -1.91. The molecule has 0 saturated heterocycles. The van der Waals surface area contributed by atoms with Crippen LogP contribution in [0.2, 0.25) is 0 Å². The molecule has 0 unspecified atom stereocenters. The summed E-state index contributed by atoms with van der Waals surface area (Å²) in [6.07, 6.45) is 2.13. The molecule has 5 aromatic rings. The number of aromatic nitrogens is 1. The van der Waals surface area contributed by atoms with E-state index in [1.165, 1.54) is 43.7 Å². The fourth-order valence-electron chi connectivity index (χ4n) is 3.74. The number of aromatic amines is 1. The molecule has 25 heavy (non-hydrogen) atoms. The number of nitrogens with one attached hydrogen (secondary N) is 1. The van der Waals surface area contributed by atoms with E-state index in [-0.39, 0.29) is 0 Å². The molecule has 1 heteroatoms. The number of rotatable bonds is 3. The number of para-hydroxylation sites is 1. The van der Waals surface area contributed by atoms with Gasteiger partial charge in [-0.1, -0.05) is 72.8 Å². The summed E-state index contributed by atoms with van der Waals surface area (Å²) in [5.74, 6) is 0. The molecule has 0 radical (unpaired) electrons. The van der Waals surface area contributed by atoms with E-state index in [0.717, 1.165) is 12.8 Å². The smallest absolute Gasteiger partial charge is 0.0467 e. The SMILES string of the molecule is c1ccc2cc(CCc3ccc4c(c3)[nH]c3ccccc34)ccc2c1. The Kier molecular flexibility index (Phi) is 3.31.